The van der Waals surface area contributed by atoms with Gasteiger partial charge < -0.3 is 10.2 Å². The Kier molecular flexibility index (Phi) is 5.52. The van der Waals surface area contributed by atoms with Crippen LogP contribution in [0.4, 0.5) is 13.2 Å². The van der Waals surface area contributed by atoms with Crippen LogP contribution in [-0.2, 0) is 4.79 Å². The molecule has 1 heterocycles. The number of rotatable bonds is 3. The average Bonchev–Trinajstić information content (AvgIpc) is 2.47. The SMILES string of the molecule is CCNC1CCN(C(=O)C2CCCCC2C(F)(F)F)CC1. The Bertz CT molecular complexity index is 351. The van der Waals surface area contributed by atoms with Gasteiger partial charge in [-0.1, -0.05) is 19.8 Å². The second-order valence-corrected chi connectivity index (χ2v) is 6.20. The van der Waals surface area contributed by atoms with Gasteiger partial charge in [-0.15, -0.1) is 0 Å². The number of amides is 1. The lowest BCUT2D eigenvalue weighted by molar-refractivity contribution is -0.201. The average molecular weight is 306 g/mol. The standard InChI is InChI=1S/C15H25F3N2O/c1-2-19-11-7-9-20(10-8-11)14(21)12-5-3-4-6-13(12)15(16,17)18/h11-13,19H,2-10H2,1H3. The van der Waals surface area contributed by atoms with Gasteiger partial charge in [0.05, 0.1) is 5.92 Å². The minimum atomic E-state index is -4.25. The van der Waals surface area contributed by atoms with E-state index in [1.54, 1.807) is 4.90 Å². The summed E-state index contributed by atoms with van der Waals surface area (Å²) in [7, 11) is 0. The maximum Gasteiger partial charge on any atom is 0.392 e. The van der Waals surface area contributed by atoms with E-state index in [0.29, 0.717) is 32.0 Å². The lowest BCUT2D eigenvalue weighted by Gasteiger charge is -2.38. The number of likely N-dealkylation sites (tertiary alicyclic amines) is 1. The number of halogens is 3. The first-order valence-electron chi connectivity index (χ1n) is 8.02. The number of hydrogen-bond acceptors (Lipinski definition) is 2. The van der Waals surface area contributed by atoms with Crippen LogP contribution >= 0.6 is 0 Å². The monoisotopic (exact) mass is 306 g/mol. The van der Waals surface area contributed by atoms with Gasteiger partial charge in [-0.2, -0.15) is 13.2 Å². The van der Waals surface area contributed by atoms with Crippen LogP contribution in [0, 0.1) is 11.8 Å². The number of carbonyl (C=O) groups excluding carboxylic acids is 1. The molecule has 3 nitrogen and oxygen atoms in total. The van der Waals surface area contributed by atoms with Crippen molar-refractivity contribution in [1.29, 1.82) is 0 Å². The molecule has 0 aromatic heterocycles. The van der Waals surface area contributed by atoms with Crippen molar-refractivity contribution in [1.82, 2.24) is 10.2 Å². The zero-order valence-electron chi connectivity index (χ0n) is 12.6. The second-order valence-electron chi connectivity index (χ2n) is 6.20. The topological polar surface area (TPSA) is 32.3 Å². The van der Waals surface area contributed by atoms with Crippen molar-refractivity contribution in [2.75, 3.05) is 19.6 Å². The summed E-state index contributed by atoms with van der Waals surface area (Å²) < 4.78 is 39.3. The van der Waals surface area contributed by atoms with Crippen LogP contribution in [0.2, 0.25) is 0 Å². The largest absolute Gasteiger partial charge is 0.392 e. The van der Waals surface area contributed by atoms with E-state index in [1.165, 1.54) is 0 Å². The molecule has 1 aliphatic carbocycles. The molecule has 1 saturated carbocycles. The molecule has 2 rings (SSSR count). The van der Waals surface area contributed by atoms with Crippen LogP contribution < -0.4 is 5.32 Å². The fraction of sp³-hybridized carbons (Fsp3) is 0.933. The molecule has 6 heteroatoms. The molecule has 0 radical (unpaired) electrons. The molecule has 2 fully saturated rings. The molecule has 21 heavy (non-hydrogen) atoms. The number of nitrogens with zero attached hydrogens (tertiary/aromatic N) is 1. The van der Waals surface area contributed by atoms with Gasteiger partial charge in [0.15, 0.2) is 0 Å². The van der Waals surface area contributed by atoms with Crippen LogP contribution in [-0.4, -0.2) is 42.7 Å². The Morgan fingerprint density at radius 2 is 1.76 bits per heavy atom. The number of hydrogen-bond donors (Lipinski definition) is 1. The third-order valence-corrected chi connectivity index (χ3v) is 4.80. The fourth-order valence-corrected chi connectivity index (χ4v) is 3.65. The maximum atomic E-state index is 13.1. The lowest BCUT2D eigenvalue weighted by Crippen LogP contribution is -2.49. The molecule has 1 aliphatic heterocycles. The van der Waals surface area contributed by atoms with E-state index in [2.05, 4.69) is 5.32 Å². The summed E-state index contributed by atoms with van der Waals surface area (Å²) in [6.07, 6.45) is -0.772. The van der Waals surface area contributed by atoms with E-state index in [-0.39, 0.29) is 12.3 Å². The van der Waals surface area contributed by atoms with Crippen LogP contribution in [0.15, 0.2) is 0 Å². The fourth-order valence-electron chi connectivity index (χ4n) is 3.65. The molecule has 2 aliphatic rings. The van der Waals surface area contributed by atoms with Crippen molar-refractivity contribution >= 4 is 5.91 Å². The maximum absolute atomic E-state index is 13.1. The zero-order valence-corrected chi connectivity index (χ0v) is 12.6. The summed E-state index contributed by atoms with van der Waals surface area (Å²) in [4.78, 5) is 14.1. The summed E-state index contributed by atoms with van der Waals surface area (Å²) in [5.74, 6) is -2.56. The first kappa shape index (κ1) is 16.6. The quantitative estimate of drug-likeness (QED) is 0.869. The van der Waals surface area contributed by atoms with Crippen LogP contribution in [0.1, 0.15) is 45.4 Å². The van der Waals surface area contributed by atoms with E-state index in [1.807, 2.05) is 6.92 Å². The Hall–Kier alpha value is -0.780. The van der Waals surface area contributed by atoms with E-state index >= 15 is 0 Å². The van der Waals surface area contributed by atoms with E-state index < -0.39 is 18.0 Å². The second kappa shape index (κ2) is 6.99. The highest BCUT2D eigenvalue weighted by atomic mass is 19.4. The minimum Gasteiger partial charge on any atom is -0.342 e. The first-order valence-corrected chi connectivity index (χ1v) is 8.02. The molecule has 0 aromatic rings. The molecule has 1 N–H and O–H groups in total. The summed E-state index contributed by atoms with van der Waals surface area (Å²) in [6.45, 7) is 4.08. The number of nitrogens with one attached hydrogen (secondary N) is 1. The molecule has 2 unspecified atom stereocenters. The molecular weight excluding hydrogens is 281 g/mol. The van der Waals surface area contributed by atoms with Gasteiger partial charge in [-0.25, -0.2) is 0 Å². The molecule has 2 atom stereocenters. The van der Waals surface area contributed by atoms with Gasteiger partial charge in [0, 0.05) is 25.0 Å². The van der Waals surface area contributed by atoms with Crippen LogP contribution in [0.25, 0.3) is 0 Å². The third-order valence-electron chi connectivity index (χ3n) is 4.80. The van der Waals surface area contributed by atoms with Gasteiger partial charge >= 0.3 is 6.18 Å². The van der Waals surface area contributed by atoms with E-state index in [9.17, 15) is 18.0 Å². The lowest BCUT2D eigenvalue weighted by atomic mass is 9.77. The number of carbonyl (C=O) groups is 1. The van der Waals surface area contributed by atoms with Crippen molar-refractivity contribution < 1.29 is 18.0 Å². The molecular formula is C15H25F3N2O. The predicted octanol–water partition coefficient (Wildman–Crippen LogP) is 2.96. The number of alkyl halides is 3. The molecule has 0 aromatic carbocycles. The summed E-state index contributed by atoms with van der Waals surface area (Å²) in [5, 5.41) is 3.34. The van der Waals surface area contributed by atoms with Crippen molar-refractivity contribution in [2.45, 2.75) is 57.7 Å². The number of piperidine rings is 1. The molecule has 0 bridgehead atoms. The van der Waals surface area contributed by atoms with Crippen molar-refractivity contribution in [3.8, 4) is 0 Å². The van der Waals surface area contributed by atoms with Gasteiger partial charge in [0.1, 0.15) is 0 Å². The minimum absolute atomic E-state index is 0.105. The normalized spacial score (nSPS) is 28.7. The molecule has 1 amide bonds. The molecule has 122 valence electrons. The highest BCUT2D eigenvalue weighted by Gasteiger charge is 2.49. The summed E-state index contributed by atoms with van der Waals surface area (Å²) in [6, 6.07) is 0.392. The van der Waals surface area contributed by atoms with Gasteiger partial charge in [0.2, 0.25) is 5.91 Å². The molecule has 0 spiro atoms. The van der Waals surface area contributed by atoms with Crippen molar-refractivity contribution in [3.05, 3.63) is 0 Å². The summed E-state index contributed by atoms with van der Waals surface area (Å²) in [5.41, 5.74) is 0. The Balaban J connectivity index is 1.95. The first-order chi connectivity index (χ1) is 9.93. The van der Waals surface area contributed by atoms with Crippen LogP contribution in [0.5, 0.6) is 0 Å². The third kappa shape index (κ3) is 4.11. The predicted molar refractivity (Wildman–Crippen MR) is 74.8 cm³/mol. The van der Waals surface area contributed by atoms with Crippen LogP contribution in [0.3, 0.4) is 0 Å². The smallest absolute Gasteiger partial charge is 0.342 e. The van der Waals surface area contributed by atoms with Crippen molar-refractivity contribution in [2.24, 2.45) is 11.8 Å². The zero-order chi connectivity index (χ0) is 15.5. The Labute approximate surface area is 124 Å². The Morgan fingerprint density at radius 1 is 1.14 bits per heavy atom. The highest BCUT2D eigenvalue weighted by Crippen LogP contribution is 2.42. The van der Waals surface area contributed by atoms with Gasteiger partial charge in [0.25, 0.3) is 0 Å². The highest BCUT2D eigenvalue weighted by molar-refractivity contribution is 5.79. The van der Waals surface area contributed by atoms with Crippen molar-refractivity contribution in [3.63, 3.8) is 0 Å². The Morgan fingerprint density at radius 3 is 2.33 bits per heavy atom. The van der Waals surface area contributed by atoms with Gasteiger partial charge in [-0.3, -0.25) is 4.79 Å². The van der Waals surface area contributed by atoms with E-state index in [4.69, 9.17) is 0 Å². The molecule has 1 saturated heterocycles. The summed E-state index contributed by atoms with van der Waals surface area (Å²) >= 11 is 0. The van der Waals surface area contributed by atoms with Gasteiger partial charge in [-0.05, 0) is 32.2 Å². The van der Waals surface area contributed by atoms with E-state index in [0.717, 1.165) is 25.8 Å².